The first kappa shape index (κ1) is 23.0. The lowest BCUT2D eigenvalue weighted by molar-refractivity contribution is -0.117. The van der Waals surface area contributed by atoms with Gasteiger partial charge in [-0.2, -0.15) is 0 Å². The quantitative estimate of drug-likeness (QED) is 0.450. The van der Waals surface area contributed by atoms with Crippen LogP contribution in [0.3, 0.4) is 0 Å². The molecule has 0 radical (unpaired) electrons. The molecule has 8 nitrogen and oxygen atoms in total. The van der Waals surface area contributed by atoms with Crippen LogP contribution in [0.5, 0.6) is 0 Å². The van der Waals surface area contributed by atoms with Gasteiger partial charge in [0.25, 0.3) is 11.6 Å². The number of amides is 2. The molecular weight excluding hydrogens is 466 g/mol. The second-order valence-corrected chi connectivity index (χ2v) is 8.87. The first-order chi connectivity index (χ1) is 17.0. The van der Waals surface area contributed by atoms with Crippen molar-refractivity contribution in [3.8, 4) is 11.3 Å². The van der Waals surface area contributed by atoms with Crippen LogP contribution in [0, 0.1) is 6.92 Å². The highest BCUT2D eigenvalue weighted by molar-refractivity contribution is 6.33. The maximum Gasteiger partial charge on any atom is 0.259 e. The van der Waals surface area contributed by atoms with E-state index in [1.807, 2.05) is 60.4 Å². The summed E-state index contributed by atoms with van der Waals surface area (Å²) in [5.74, 6) is -0.234. The van der Waals surface area contributed by atoms with Crippen molar-refractivity contribution in [2.24, 2.45) is 0 Å². The van der Waals surface area contributed by atoms with E-state index in [0.29, 0.717) is 64.9 Å². The van der Waals surface area contributed by atoms with Gasteiger partial charge in [0, 0.05) is 31.7 Å². The van der Waals surface area contributed by atoms with Gasteiger partial charge in [0.1, 0.15) is 0 Å². The van der Waals surface area contributed by atoms with E-state index >= 15 is 0 Å². The molecule has 0 aliphatic carbocycles. The van der Waals surface area contributed by atoms with Gasteiger partial charge in [0.05, 0.1) is 39.6 Å². The van der Waals surface area contributed by atoms with E-state index in [1.54, 1.807) is 17.0 Å². The lowest BCUT2D eigenvalue weighted by Crippen LogP contribution is -2.50. The van der Waals surface area contributed by atoms with Crippen LogP contribution >= 0.6 is 11.6 Å². The molecule has 3 heterocycles. The average molecular weight is 490 g/mol. The van der Waals surface area contributed by atoms with Crippen molar-refractivity contribution < 1.29 is 14.1 Å². The first-order valence-corrected chi connectivity index (χ1v) is 11.8. The molecule has 0 spiro atoms. The summed E-state index contributed by atoms with van der Waals surface area (Å²) in [6.07, 6.45) is 0. The van der Waals surface area contributed by atoms with E-state index < -0.39 is 0 Å². The maximum absolute atomic E-state index is 13.6. The van der Waals surface area contributed by atoms with Crippen LogP contribution in [0.4, 0.5) is 5.69 Å². The average Bonchev–Trinajstić information content (AvgIpc) is 3.26. The maximum atomic E-state index is 13.6. The fraction of sp³-hybridized carbons (Fsp3) is 0.231. The van der Waals surface area contributed by atoms with Crippen LogP contribution in [0.25, 0.3) is 22.4 Å². The second-order valence-electron chi connectivity index (χ2n) is 8.47. The lowest BCUT2D eigenvalue weighted by Gasteiger charge is -2.34. The zero-order valence-corrected chi connectivity index (χ0v) is 20.0. The Hall–Kier alpha value is -3.75. The summed E-state index contributed by atoms with van der Waals surface area (Å²) in [6, 6.07) is 18.6. The van der Waals surface area contributed by atoms with Crippen LogP contribution in [-0.4, -0.2) is 64.5 Å². The first-order valence-electron chi connectivity index (χ1n) is 11.4. The number of carbonyl (C=O) groups excluding carboxylic acids is 2. The van der Waals surface area contributed by atoms with Crippen LogP contribution in [0.15, 0.2) is 65.2 Å². The number of benzene rings is 2. The smallest absolute Gasteiger partial charge is 0.259 e. The standard InChI is InChI=1S/C26H24ClN5O3/c1-17-24-19(15-22(29-25(24)35-30-17)18-7-3-2-4-8-18)26(34)32-13-11-31(12-14-32)16-23(33)28-21-10-6-5-9-20(21)27/h2-10,15H,11-14,16H2,1H3,(H,28,33). The summed E-state index contributed by atoms with van der Waals surface area (Å²) in [6.45, 7) is 4.23. The molecule has 0 unspecified atom stereocenters. The fourth-order valence-corrected chi connectivity index (χ4v) is 4.44. The number of rotatable bonds is 5. The molecule has 35 heavy (non-hydrogen) atoms. The van der Waals surface area contributed by atoms with Crippen LogP contribution in [0.2, 0.25) is 5.02 Å². The Morgan fingerprint density at radius 1 is 1.03 bits per heavy atom. The van der Waals surface area contributed by atoms with Crippen LogP contribution < -0.4 is 5.32 Å². The SMILES string of the molecule is Cc1noc2nc(-c3ccccc3)cc(C(=O)N3CCN(CC(=O)Nc4ccccc4Cl)CC3)c12. The van der Waals surface area contributed by atoms with Crippen LogP contribution in [-0.2, 0) is 4.79 Å². The van der Waals surface area contributed by atoms with E-state index in [4.69, 9.17) is 16.1 Å². The lowest BCUT2D eigenvalue weighted by atomic mass is 10.0. The number of fused-ring (bicyclic) bond motifs is 1. The third-order valence-corrected chi connectivity index (χ3v) is 6.42. The number of pyridine rings is 1. The number of aryl methyl sites for hydroxylation is 1. The normalized spacial score (nSPS) is 14.3. The van der Waals surface area contributed by atoms with Gasteiger partial charge >= 0.3 is 0 Å². The number of para-hydroxylation sites is 1. The molecular formula is C26H24ClN5O3. The Kier molecular flexibility index (Phi) is 6.48. The summed E-state index contributed by atoms with van der Waals surface area (Å²) in [5, 5.41) is 8.01. The number of piperazine rings is 1. The van der Waals surface area contributed by atoms with Crippen LogP contribution in [0.1, 0.15) is 16.1 Å². The highest BCUT2D eigenvalue weighted by atomic mass is 35.5. The molecule has 1 aliphatic heterocycles. The molecule has 2 aromatic carbocycles. The molecule has 178 valence electrons. The number of carbonyl (C=O) groups is 2. The van der Waals surface area contributed by atoms with Gasteiger partial charge in [-0.25, -0.2) is 4.98 Å². The third kappa shape index (κ3) is 4.89. The van der Waals surface area contributed by atoms with E-state index in [1.165, 1.54) is 0 Å². The van der Waals surface area contributed by atoms with Crippen molar-refractivity contribution in [1.82, 2.24) is 19.9 Å². The van der Waals surface area contributed by atoms with Gasteiger partial charge in [0.15, 0.2) is 0 Å². The minimum absolute atomic E-state index is 0.0962. The van der Waals surface area contributed by atoms with E-state index in [0.717, 1.165) is 5.56 Å². The van der Waals surface area contributed by atoms with Gasteiger partial charge in [-0.15, -0.1) is 0 Å². The topological polar surface area (TPSA) is 91.6 Å². The summed E-state index contributed by atoms with van der Waals surface area (Å²) in [5.41, 5.74) is 3.65. The number of anilines is 1. The van der Waals surface area contributed by atoms with Gasteiger partial charge < -0.3 is 14.7 Å². The van der Waals surface area contributed by atoms with E-state index in [-0.39, 0.29) is 18.4 Å². The van der Waals surface area contributed by atoms with E-state index in [2.05, 4.69) is 15.5 Å². The summed E-state index contributed by atoms with van der Waals surface area (Å²) in [7, 11) is 0. The molecule has 1 saturated heterocycles. The number of hydrogen-bond donors (Lipinski definition) is 1. The highest BCUT2D eigenvalue weighted by Crippen LogP contribution is 2.28. The Bertz CT molecular complexity index is 1380. The molecule has 1 N–H and O–H groups in total. The number of hydrogen-bond acceptors (Lipinski definition) is 6. The Morgan fingerprint density at radius 2 is 1.74 bits per heavy atom. The van der Waals surface area contributed by atoms with Gasteiger partial charge in [-0.3, -0.25) is 14.5 Å². The molecule has 4 aromatic rings. The molecule has 1 aliphatic rings. The van der Waals surface area contributed by atoms with Gasteiger partial charge in [-0.05, 0) is 25.1 Å². The monoisotopic (exact) mass is 489 g/mol. The van der Waals surface area contributed by atoms with Gasteiger partial charge in [0.2, 0.25) is 5.91 Å². The highest BCUT2D eigenvalue weighted by Gasteiger charge is 2.27. The van der Waals surface area contributed by atoms with Crippen molar-refractivity contribution in [2.45, 2.75) is 6.92 Å². The molecule has 5 rings (SSSR count). The Balaban J connectivity index is 1.29. The molecule has 0 atom stereocenters. The number of nitrogens with zero attached hydrogens (tertiary/aromatic N) is 4. The molecule has 1 fully saturated rings. The molecule has 9 heteroatoms. The minimum Gasteiger partial charge on any atom is -0.336 e. The van der Waals surface area contributed by atoms with Crippen molar-refractivity contribution in [1.29, 1.82) is 0 Å². The largest absolute Gasteiger partial charge is 0.336 e. The predicted molar refractivity (Wildman–Crippen MR) is 134 cm³/mol. The van der Waals surface area contributed by atoms with Gasteiger partial charge in [-0.1, -0.05) is 59.2 Å². The zero-order valence-electron chi connectivity index (χ0n) is 19.2. The summed E-state index contributed by atoms with van der Waals surface area (Å²) < 4.78 is 5.41. The second kappa shape index (κ2) is 9.85. The molecule has 0 saturated carbocycles. The molecule has 2 amide bonds. The minimum atomic E-state index is -0.138. The van der Waals surface area contributed by atoms with Crippen molar-refractivity contribution in [3.63, 3.8) is 0 Å². The Labute approximate surface area is 207 Å². The molecule has 0 bridgehead atoms. The number of halogens is 1. The summed E-state index contributed by atoms with van der Waals surface area (Å²) >= 11 is 6.13. The number of nitrogens with one attached hydrogen (secondary N) is 1. The zero-order chi connectivity index (χ0) is 24.4. The molecule has 2 aromatic heterocycles. The Morgan fingerprint density at radius 3 is 2.49 bits per heavy atom. The summed E-state index contributed by atoms with van der Waals surface area (Å²) in [4.78, 5) is 34.5. The third-order valence-electron chi connectivity index (χ3n) is 6.09. The predicted octanol–water partition coefficient (Wildman–Crippen LogP) is 4.25. The number of aromatic nitrogens is 2. The fourth-order valence-electron chi connectivity index (χ4n) is 4.26. The van der Waals surface area contributed by atoms with Crippen molar-refractivity contribution in [2.75, 3.05) is 38.0 Å². The van der Waals surface area contributed by atoms with E-state index in [9.17, 15) is 9.59 Å². The van der Waals surface area contributed by atoms with Crippen molar-refractivity contribution >= 4 is 40.2 Å². The van der Waals surface area contributed by atoms with Crippen molar-refractivity contribution in [3.05, 3.63) is 76.9 Å².